The Bertz CT molecular complexity index is 954. The summed E-state index contributed by atoms with van der Waals surface area (Å²) in [6.07, 6.45) is 1.24. The highest BCUT2D eigenvalue weighted by Gasteiger charge is 2.27. The quantitative estimate of drug-likeness (QED) is 0.655. The van der Waals surface area contributed by atoms with Crippen molar-refractivity contribution in [1.82, 2.24) is 15.2 Å². The zero-order chi connectivity index (χ0) is 17.4. The first kappa shape index (κ1) is 16.0. The van der Waals surface area contributed by atoms with Gasteiger partial charge in [-0.15, -0.1) is 10.2 Å². The van der Waals surface area contributed by atoms with E-state index in [1.165, 1.54) is 17.8 Å². The van der Waals surface area contributed by atoms with E-state index in [9.17, 15) is 5.11 Å². The number of thioether (sulfide) groups is 1. The number of fused-ring (bicyclic) bond motifs is 3. The van der Waals surface area contributed by atoms with E-state index in [2.05, 4.69) is 20.5 Å². The Balaban J connectivity index is 1.89. The summed E-state index contributed by atoms with van der Waals surface area (Å²) in [7, 11) is 0. The second-order valence-electron chi connectivity index (χ2n) is 5.35. The fraction of sp³-hybridized carbons (Fsp3) is 0.118. The van der Waals surface area contributed by atoms with Crippen LogP contribution in [0, 0.1) is 0 Å². The van der Waals surface area contributed by atoms with Gasteiger partial charge in [-0.1, -0.05) is 41.6 Å². The number of phenolic OH excluding ortho intramolecular Hbond substituents is 1. The number of ether oxygens (including phenoxy) is 1. The monoisotopic (exact) mass is 372 g/mol. The molecule has 0 saturated carbocycles. The Morgan fingerprint density at radius 1 is 1.20 bits per heavy atom. The van der Waals surface area contributed by atoms with Crippen molar-refractivity contribution in [3.63, 3.8) is 0 Å². The van der Waals surface area contributed by atoms with Crippen LogP contribution in [0.15, 0.2) is 47.6 Å². The number of nitrogens with one attached hydrogen (secondary N) is 1. The molecule has 0 fully saturated rings. The third-order valence-electron chi connectivity index (χ3n) is 3.78. The van der Waals surface area contributed by atoms with Gasteiger partial charge in [-0.3, -0.25) is 0 Å². The molecule has 1 unspecified atom stereocenters. The molecule has 0 saturated heterocycles. The minimum atomic E-state index is -0.631. The molecule has 2 heterocycles. The van der Waals surface area contributed by atoms with Crippen molar-refractivity contribution in [3.05, 3.63) is 53.1 Å². The minimum absolute atomic E-state index is 0.105. The molecule has 1 aliphatic heterocycles. The standard InChI is InChI=1S/C17H13ClN4O2S/c1-25-17-20-16-14(21-22-17)10-4-2-3-5-13(10)19-15(24-16)11-8-9(23)6-7-12(11)18/h2-8,15,19,23H,1H3. The molecule has 0 spiro atoms. The van der Waals surface area contributed by atoms with Crippen molar-refractivity contribution in [3.8, 4) is 22.9 Å². The number of hydrogen-bond acceptors (Lipinski definition) is 7. The van der Waals surface area contributed by atoms with E-state index in [0.29, 0.717) is 27.3 Å². The van der Waals surface area contributed by atoms with Crippen LogP contribution in [0.4, 0.5) is 5.69 Å². The number of aromatic hydroxyl groups is 1. The number of anilines is 1. The van der Waals surface area contributed by atoms with E-state index in [1.54, 1.807) is 12.1 Å². The summed E-state index contributed by atoms with van der Waals surface area (Å²) in [6.45, 7) is 0. The second kappa shape index (κ2) is 6.42. The lowest BCUT2D eigenvalue weighted by Crippen LogP contribution is -2.17. The molecule has 25 heavy (non-hydrogen) atoms. The maximum atomic E-state index is 9.83. The molecule has 6 nitrogen and oxygen atoms in total. The first-order chi connectivity index (χ1) is 12.2. The number of halogens is 1. The van der Waals surface area contributed by atoms with Crippen LogP contribution < -0.4 is 10.1 Å². The molecular weight excluding hydrogens is 360 g/mol. The van der Waals surface area contributed by atoms with Crippen molar-refractivity contribution in [2.45, 2.75) is 11.4 Å². The molecule has 3 aromatic rings. The van der Waals surface area contributed by atoms with Gasteiger partial charge in [0, 0.05) is 21.8 Å². The van der Waals surface area contributed by atoms with E-state index in [4.69, 9.17) is 16.3 Å². The van der Waals surface area contributed by atoms with Gasteiger partial charge in [-0.25, -0.2) is 0 Å². The average molecular weight is 373 g/mol. The van der Waals surface area contributed by atoms with Gasteiger partial charge in [0.25, 0.3) is 0 Å². The third-order valence-corrected chi connectivity index (χ3v) is 4.66. The topological polar surface area (TPSA) is 80.2 Å². The van der Waals surface area contributed by atoms with Crippen LogP contribution in [0.1, 0.15) is 11.8 Å². The van der Waals surface area contributed by atoms with E-state index < -0.39 is 6.23 Å². The van der Waals surface area contributed by atoms with Gasteiger partial charge in [0.2, 0.25) is 11.0 Å². The molecule has 1 atom stereocenters. The normalized spacial score (nSPS) is 15.4. The molecule has 1 aliphatic rings. The van der Waals surface area contributed by atoms with E-state index in [0.717, 1.165) is 11.3 Å². The van der Waals surface area contributed by atoms with Crippen molar-refractivity contribution >= 4 is 29.1 Å². The lowest BCUT2D eigenvalue weighted by atomic mass is 10.1. The van der Waals surface area contributed by atoms with E-state index in [-0.39, 0.29) is 5.75 Å². The summed E-state index contributed by atoms with van der Waals surface area (Å²) >= 11 is 7.69. The highest BCUT2D eigenvalue weighted by atomic mass is 35.5. The van der Waals surface area contributed by atoms with Crippen LogP contribution in [-0.2, 0) is 0 Å². The molecule has 126 valence electrons. The van der Waals surface area contributed by atoms with Crippen LogP contribution >= 0.6 is 23.4 Å². The minimum Gasteiger partial charge on any atom is -0.508 e. The first-order valence-electron chi connectivity index (χ1n) is 7.45. The first-order valence-corrected chi connectivity index (χ1v) is 9.05. The van der Waals surface area contributed by atoms with Crippen LogP contribution in [0.3, 0.4) is 0 Å². The van der Waals surface area contributed by atoms with Crippen molar-refractivity contribution < 1.29 is 9.84 Å². The Morgan fingerprint density at radius 2 is 2.04 bits per heavy atom. The average Bonchev–Trinajstić information content (AvgIpc) is 2.79. The molecule has 2 N–H and O–H groups in total. The number of benzene rings is 2. The summed E-state index contributed by atoms with van der Waals surface area (Å²) in [6, 6.07) is 12.4. The predicted molar refractivity (Wildman–Crippen MR) is 97.2 cm³/mol. The van der Waals surface area contributed by atoms with Crippen molar-refractivity contribution in [1.29, 1.82) is 0 Å². The number of rotatable bonds is 2. The molecule has 8 heteroatoms. The second-order valence-corrected chi connectivity index (χ2v) is 6.53. The van der Waals surface area contributed by atoms with Crippen LogP contribution in [-0.4, -0.2) is 26.5 Å². The van der Waals surface area contributed by atoms with Gasteiger partial charge in [0.15, 0.2) is 11.9 Å². The van der Waals surface area contributed by atoms with Gasteiger partial charge < -0.3 is 15.2 Å². The van der Waals surface area contributed by atoms with Gasteiger partial charge in [-0.05, 0) is 30.5 Å². The van der Waals surface area contributed by atoms with E-state index >= 15 is 0 Å². The zero-order valence-corrected chi connectivity index (χ0v) is 14.7. The maximum absolute atomic E-state index is 9.83. The summed E-state index contributed by atoms with van der Waals surface area (Å²) in [5.41, 5.74) is 2.82. The summed E-state index contributed by atoms with van der Waals surface area (Å²) in [5.74, 6) is 0.467. The Morgan fingerprint density at radius 3 is 2.88 bits per heavy atom. The smallest absolute Gasteiger partial charge is 0.247 e. The Kier molecular flexibility index (Phi) is 4.10. The number of phenols is 1. The molecule has 0 aliphatic carbocycles. The fourth-order valence-corrected chi connectivity index (χ4v) is 3.12. The number of aromatic nitrogens is 3. The van der Waals surface area contributed by atoms with Crippen molar-refractivity contribution in [2.75, 3.05) is 11.6 Å². The number of para-hydroxylation sites is 1. The Hall–Kier alpha value is -2.51. The van der Waals surface area contributed by atoms with E-state index in [1.807, 2.05) is 30.5 Å². The molecular formula is C17H13ClN4O2S. The van der Waals surface area contributed by atoms with Crippen LogP contribution in [0.2, 0.25) is 5.02 Å². The molecule has 0 radical (unpaired) electrons. The van der Waals surface area contributed by atoms with Crippen LogP contribution in [0.5, 0.6) is 11.6 Å². The lowest BCUT2D eigenvalue weighted by Gasteiger charge is -2.20. The number of hydrogen-bond donors (Lipinski definition) is 2. The predicted octanol–water partition coefficient (Wildman–Crippen LogP) is 4.12. The number of nitrogens with zero attached hydrogens (tertiary/aromatic N) is 3. The van der Waals surface area contributed by atoms with Gasteiger partial charge in [0.1, 0.15) is 5.75 Å². The zero-order valence-electron chi connectivity index (χ0n) is 13.1. The summed E-state index contributed by atoms with van der Waals surface area (Å²) in [4.78, 5) is 4.44. The molecule has 0 bridgehead atoms. The summed E-state index contributed by atoms with van der Waals surface area (Å²) < 4.78 is 6.07. The molecule has 2 aromatic carbocycles. The lowest BCUT2D eigenvalue weighted by molar-refractivity contribution is 0.225. The third kappa shape index (κ3) is 2.96. The molecule has 4 rings (SSSR count). The summed E-state index contributed by atoms with van der Waals surface area (Å²) in [5, 5.41) is 22.5. The van der Waals surface area contributed by atoms with Gasteiger partial charge in [0.05, 0.1) is 0 Å². The highest BCUT2D eigenvalue weighted by molar-refractivity contribution is 7.98. The Labute approximate surface area is 153 Å². The molecule has 1 aromatic heterocycles. The SMILES string of the molecule is CSc1nnc2c(n1)OC(c1cc(O)ccc1Cl)Nc1ccccc1-2. The largest absolute Gasteiger partial charge is 0.508 e. The van der Waals surface area contributed by atoms with Gasteiger partial charge >= 0.3 is 0 Å². The van der Waals surface area contributed by atoms with Gasteiger partial charge in [-0.2, -0.15) is 4.98 Å². The highest BCUT2D eigenvalue weighted by Crippen LogP contribution is 2.40. The van der Waals surface area contributed by atoms with Crippen molar-refractivity contribution in [2.24, 2.45) is 0 Å². The van der Waals surface area contributed by atoms with Crippen LogP contribution in [0.25, 0.3) is 11.3 Å². The maximum Gasteiger partial charge on any atom is 0.247 e. The fourth-order valence-electron chi connectivity index (χ4n) is 2.61. The molecule has 0 amide bonds.